The Bertz CT molecular complexity index is 1180. The Hall–Kier alpha value is -1.44. The molecule has 0 spiro atoms. The number of hydrogen-bond donors (Lipinski definition) is 0. The molecule has 4 aromatic carbocycles. The second-order valence-electron chi connectivity index (χ2n) is 8.98. The molecule has 0 radical (unpaired) electrons. The molecular formula is C30H28Cl2SiZr. The number of fused-ring (bicyclic) bond motifs is 6. The molecule has 0 fully saturated rings. The Labute approximate surface area is 223 Å². The van der Waals surface area contributed by atoms with Crippen LogP contribution in [0.25, 0.3) is 22.3 Å². The minimum Gasteiger partial charge on any atom is -1.00 e. The summed E-state index contributed by atoms with van der Waals surface area (Å²) in [6.45, 7) is 4.97. The van der Waals surface area contributed by atoms with Crippen molar-refractivity contribution in [2.24, 2.45) is 0 Å². The van der Waals surface area contributed by atoms with Crippen LogP contribution in [-0.2, 0) is 20.4 Å². The summed E-state index contributed by atoms with van der Waals surface area (Å²) in [4.78, 5) is 0. The molecule has 4 aromatic rings. The molecule has 6 rings (SSSR count). The van der Waals surface area contributed by atoms with Gasteiger partial charge in [0.05, 0.1) is 0 Å². The predicted octanol–water partition coefficient (Wildman–Crippen LogP) is 2.18. The van der Waals surface area contributed by atoms with Crippen molar-refractivity contribution in [3.8, 4) is 22.3 Å². The Morgan fingerprint density at radius 3 is 1.03 bits per heavy atom. The molecule has 4 heteroatoms. The van der Waals surface area contributed by atoms with Gasteiger partial charge in [0.2, 0.25) is 0 Å². The molecule has 0 unspecified atom stereocenters. The van der Waals surface area contributed by atoms with E-state index in [-0.39, 0.29) is 24.8 Å². The van der Waals surface area contributed by atoms with E-state index in [4.69, 9.17) is 0 Å². The van der Waals surface area contributed by atoms with Crippen LogP contribution < -0.4 is 24.8 Å². The zero-order valence-electron chi connectivity index (χ0n) is 19.6. The van der Waals surface area contributed by atoms with Gasteiger partial charge in [0.25, 0.3) is 0 Å². The summed E-state index contributed by atoms with van der Waals surface area (Å²) in [6, 6.07) is 40.1. The molecule has 34 heavy (non-hydrogen) atoms. The maximum absolute atomic E-state index is 2.48. The van der Waals surface area contributed by atoms with E-state index in [9.17, 15) is 0 Å². The fraction of sp³-hybridized carbons (Fsp3) is 0.200. The van der Waals surface area contributed by atoms with Crippen LogP contribution in [0.3, 0.4) is 0 Å². The van der Waals surface area contributed by atoms with Gasteiger partial charge in [0, 0.05) is 0 Å². The molecule has 0 nitrogen and oxygen atoms in total. The van der Waals surface area contributed by atoms with E-state index in [0.29, 0.717) is 7.25 Å². The standard InChI is InChI=1S/2C13H9.C4H10Si.2ClH.Zr/c2*1-3-7-12-10(5-1)9-11-6-2-4-8-13(11)12;1-3-5-4-2;;;/h2*1-9H;3-4H2,1-2H3;2*1H;/q;;;;;+2/p-2. The van der Waals surface area contributed by atoms with Crippen molar-refractivity contribution in [3.63, 3.8) is 0 Å². The largest absolute Gasteiger partial charge is 1.00 e. The van der Waals surface area contributed by atoms with Crippen molar-refractivity contribution in [3.05, 3.63) is 119 Å². The third kappa shape index (κ3) is 3.92. The quantitative estimate of drug-likeness (QED) is 0.326. The van der Waals surface area contributed by atoms with Gasteiger partial charge in [0.15, 0.2) is 0 Å². The molecule has 0 saturated carbocycles. The van der Waals surface area contributed by atoms with Crippen LogP contribution in [0.4, 0.5) is 0 Å². The van der Waals surface area contributed by atoms with Crippen molar-refractivity contribution in [1.29, 1.82) is 0 Å². The number of hydrogen-bond acceptors (Lipinski definition) is 0. The fourth-order valence-corrected chi connectivity index (χ4v) is 30.7. The summed E-state index contributed by atoms with van der Waals surface area (Å²) < 4.78 is 1.34. The average Bonchev–Trinajstić information content (AvgIpc) is 3.36. The predicted molar refractivity (Wildman–Crippen MR) is 134 cm³/mol. The van der Waals surface area contributed by atoms with Crippen molar-refractivity contribution in [2.75, 3.05) is 0 Å². The summed E-state index contributed by atoms with van der Waals surface area (Å²) in [5.41, 5.74) is 12.1. The maximum atomic E-state index is 2.48. The van der Waals surface area contributed by atoms with E-state index in [2.05, 4.69) is 111 Å². The Kier molecular flexibility index (Phi) is 8.05. The molecular weight excluding hydrogens is 551 g/mol. The van der Waals surface area contributed by atoms with Crippen LogP contribution in [0.15, 0.2) is 97.1 Å². The molecule has 0 aliphatic heterocycles. The van der Waals surface area contributed by atoms with E-state index in [1.807, 2.05) is 0 Å². The van der Waals surface area contributed by atoms with E-state index in [1.165, 1.54) is 34.3 Å². The number of halogens is 2. The van der Waals surface area contributed by atoms with Crippen LogP contribution in [0.5, 0.6) is 0 Å². The summed E-state index contributed by atoms with van der Waals surface area (Å²) in [6.07, 6.45) is 0. The maximum Gasteiger partial charge on any atom is -1.00 e. The minimum atomic E-state index is -2.10. The van der Waals surface area contributed by atoms with Crippen molar-refractivity contribution < 1.29 is 45.2 Å². The van der Waals surface area contributed by atoms with Gasteiger partial charge in [-0.25, -0.2) is 0 Å². The second-order valence-corrected chi connectivity index (χ2v) is 25.3. The van der Waals surface area contributed by atoms with Crippen LogP contribution in [0, 0.1) is 0 Å². The number of benzene rings is 4. The normalized spacial score (nSPS) is 12.9. The average molecular weight is 579 g/mol. The van der Waals surface area contributed by atoms with Gasteiger partial charge >= 0.3 is 201 Å². The fourth-order valence-electron chi connectivity index (χ4n) is 6.21. The van der Waals surface area contributed by atoms with Gasteiger partial charge in [-0.2, -0.15) is 0 Å². The topological polar surface area (TPSA) is 0 Å². The smallest absolute Gasteiger partial charge is 1.00 e. The van der Waals surface area contributed by atoms with Gasteiger partial charge in [-0.05, 0) is 0 Å². The first kappa shape index (κ1) is 25.6. The zero-order chi connectivity index (χ0) is 21.7. The second kappa shape index (κ2) is 10.7. The summed E-state index contributed by atoms with van der Waals surface area (Å²) in [7, 11) is 0. The Morgan fingerprint density at radius 2 is 0.765 bits per heavy atom. The first-order chi connectivity index (χ1) is 15.8. The Morgan fingerprint density at radius 1 is 0.500 bits per heavy atom. The van der Waals surface area contributed by atoms with E-state index >= 15 is 0 Å². The molecule has 0 atom stereocenters. The zero-order valence-corrected chi connectivity index (χ0v) is 24.5. The first-order valence-corrected chi connectivity index (χ1v) is 20.4. The summed E-state index contributed by atoms with van der Waals surface area (Å²) in [5.74, 6) is 0. The SMILES string of the molecule is CC[Si](CC)=[Zr+2]([CH]1c2ccccc2-c2ccccc21)[CH]1c2ccccc2-c2ccccc21.[Cl-].[Cl-]. The molecule has 2 aliphatic rings. The van der Waals surface area contributed by atoms with Gasteiger partial charge in [-0.1, -0.05) is 0 Å². The molecule has 0 heterocycles. The van der Waals surface area contributed by atoms with Crippen LogP contribution in [0.1, 0.15) is 43.4 Å². The van der Waals surface area contributed by atoms with Crippen molar-refractivity contribution >= 4 is 5.43 Å². The van der Waals surface area contributed by atoms with Gasteiger partial charge in [-0.3, -0.25) is 0 Å². The molecule has 2 aliphatic carbocycles. The summed E-state index contributed by atoms with van der Waals surface area (Å²) >= 11 is -2.10. The Balaban J connectivity index is 0.00000137. The van der Waals surface area contributed by atoms with Crippen molar-refractivity contribution in [1.82, 2.24) is 0 Å². The van der Waals surface area contributed by atoms with Crippen LogP contribution in [0.2, 0.25) is 12.1 Å². The molecule has 0 aromatic heterocycles. The van der Waals surface area contributed by atoms with Gasteiger partial charge in [-0.15, -0.1) is 0 Å². The molecule has 0 N–H and O–H groups in total. The third-order valence-corrected chi connectivity index (χ3v) is 30.8. The van der Waals surface area contributed by atoms with Crippen LogP contribution in [-0.4, -0.2) is 5.43 Å². The molecule has 0 bridgehead atoms. The van der Waals surface area contributed by atoms with Crippen LogP contribution >= 0.6 is 0 Å². The van der Waals surface area contributed by atoms with E-state index in [1.54, 1.807) is 22.3 Å². The molecule has 0 saturated heterocycles. The first-order valence-electron chi connectivity index (χ1n) is 11.9. The van der Waals surface area contributed by atoms with Gasteiger partial charge < -0.3 is 24.8 Å². The molecule has 0 amide bonds. The summed E-state index contributed by atoms with van der Waals surface area (Å²) in [5, 5.41) is 0. The van der Waals surface area contributed by atoms with Gasteiger partial charge in [0.1, 0.15) is 0 Å². The van der Waals surface area contributed by atoms with Crippen molar-refractivity contribution in [2.45, 2.75) is 33.2 Å². The van der Waals surface area contributed by atoms with E-state index < -0.39 is 25.8 Å². The minimum absolute atomic E-state index is 0. The van der Waals surface area contributed by atoms with E-state index in [0.717, 1.165) is 0 Å². The molecule has 170 valence electrons. The number of rotatable bonds is 4. The monoisotopic (exact) mass is 576 g/mol. The third-order valence-electron chi connectivity index (χ3n) is 7.55.